The maximum Gasteiger partial charge on any atom is 0.122 e. The van der Waals surface area contributed by atoms with Crippen molar-refractivity contribution in [2.75, 3.05) is 32.8 Å². The van der Waals surface area contributed by atoms with Gasteiger partial charge in [0.25, 0.3) is 0 Å². The number of ether oxygens (including phenoxy) is 1. The summed E-state index contributed by atoms with van der Waals surface area (Å²) in [5, 5.41) is 3.56. The average molecular weight is 286 g/mol. The summed E-state index contributed by atoms with van der Waals surface area (Å²) in [6.45, 7) is 6.96. The lowest BCUT2D eigenvalue weighted by Crippen LogP contribution is -2.44. The van der Waals surface area contributed by atoms with Crippen LogP contribution < -0.4 is 10.1 Å². The largest absolute Gasteiger partial charge is 0.493 e. The van der Waals surface area contributed by atoms with Crippen molar-refractivity contribution >= 4 is 0 Å². The van der Waals surface area contributed by atoms with E-state index in [-0.39, 0.29) is 0 Å². The number of aryl methyl sites for hydroxylation is 1. The van der Waals surface area contributed by atoms with Gasteiger partial charge in [0.2, 0.25) is 0 Å². The van der Waals surface area contributed by atoms with Gasteiger partial charge in [-0.25, -0.2) is 0 Å². The van der Waals surface area contributed by atoms with E-state index in [9.17, 15) is 0 Å². The van der Waals surface area contributed by atoms with E-state index in [4.69, 9.17) is 4.74 Å². The first kappa shape index (κ1) is 13.6. The lowest BCUT2D eigenvalue weighted by molar-refractivity contribution is 0.0977. The van der Waals surface area contributed by atoms with Gasteiger partial charge in [0, 0.05) is 19.6 Å². The zero-order valence-electron chi connectivity index (χ0n) is 12.9. The van der Waals surface area contributed by atoms with Crippen LogP contribution in [0.2, 0.25) is 0 Å². The van der Waals surface area contributed by atoms with E-state index >= 15 is 0 Å². The Morgan fingerprint density at radius 3 is 3.14 bits per heavy atom. The minimum Gasteiger partial charge on any atom is -0.493 e. The van der Waals surface area contributed by atoms with E-state index in [2.05, 4.69) is 28.4 Å². The molecule has 1 unspecified atom stereocenters. The second kappa shape index (κ2) is 5.62. The SMILES string of the molecule is c1cc2c(cc1CN1CCCC3(CCNC3)C1)CCCO2. The molecule has 2 fully saturated rings. The molecule has 3 heterocycles. The molecule has 1 atom stereocenters. The standard InChI is InChI=1S/C18H26N2O/c1-3-16-11-15(4-5-17(16)21-10-1)12-20-9-2-6-18(14-20)7-8-19-13-18/h4-5,11,19H,1-3,6-10,12-14H2. The summed E-state index contributed by atoms with van der Waals surface area (Å²) >= 11 is 0. The highest BCUT2D eigenvalue weighted by Gasteiger charge is 2.37. The van der Waals surface area contributed by atoms with Gasteiger partial charge in [-0.1, -0.05) is 12.1 Å². The van der Waals surface area contributed by atoms with Gasteiger partial charge in [0.05, 0.1) is 6.61 Å². The molecular weight excluding hydrogens is 260 g/mol. The van der Waals surface area contributed by atoms with Crippen LogP contribution in [-0.2, 0) is 13.0 Å². The van der Waals surface area contributed by atoms with Crippen LogP contribution in [0.15, 0.2) is 18.2 Å². The number of nitrogens with zero attached hydrogens (tertiary/aromatic N) is 1. The Morgan fingerprint density at radius 1 is 1.24 bits per heavy atom. The third-order valence-electron chi connectivity index (χ3n) is 5.45. The van der Waals surface area contributed by atoms with Gasteiger partial charge in [0.1, 0.15) is 5.75 Å². The van der Waals surface area contributed by atoms with Crippen molar-refractivity contribution in [1.29, 1.82) is 0 Å². The summed E-state index contributed by atoms with van der Waals surface area (Å²) in [6, 6.07) is 6.82. The fourth-order valence-electron chi connectivity index (χ4n) is 4.36. The predicted molar refractivity (Wildman–Crippen MR) is 84.7 cm³/mol. The van der Waals surface area contributed by atoms with E-state index in [0.717, 1.165) is 25.3 Å². The molecule has 3 nitrogen and oxygen atoms in total. The molecule has 0 bridgehead atoms. The number of hydrogen-bond donors (Lipinski definition) is 1. The molecule has 2 saturated heterocycles. The first-order chi connectivity index (χ1) is 10.3. The van der Waals surface area contributed by atoms with Gasteiger partial charge in [-0.2, -0.15) is 0 Å². The van der Waals surface area contributed by atoms with Gasteiger partial charge >= 0.3 is 0 Å². The van der Waals surface area contributed by atoms with Crippen LogP contribution in [0.4, 0.5) is 0 Å². The molecule has 21 heavy (non-hydrogen) atoms. The number of hydrogen-bond acceptors (Lipinski definition) is 3. The smallest absolute Gasteiger partial charge is 0.122 e. The summed E-state index contributed by atoms with van der Waals surface area (Å²) in [7, 11) is 0. The molecule has 1 spiro atoms. The molecule has 1 N–H and O–H groups in total. The highest BCUT2D eigenvalue weighted by atomic mass is 16.5. The van der Waals surface area contributed by atoms with Crippen molar-refractivity contribution in [3.63, 3.8) is 0 Å². The molecule has 4 rings (SSSR count). The Balaban J connectivity index is 1.45. The van der Waals surface area contributed by atoms with Crippen molar-refractivity contribution in [2.24, 2.45) is 5.41 Å². The minimum absolute atomic E-state index is 0.565. The molecular formula is C18H26N2O. The van der Waals surface area contributed by atoms with Crippen LogP contribution in [0.1, 0.15) is 36.8 Å². The Bertz CT molecular complexity index is 508. The lowest BCUT2D eigenvalue weighted by Gasteiger charge is -2.40. The fraction of sp³-hybridized carbons (Fsp3) is 0.667. The first-order valence-corrected chi connectivity index (χ1v) is 8.51. The fourth-order valence-corrected chi connectivity index (χ4v) is 4.36. The van der Waals surface area contributed by atoms with Crippen LogP contribution in [0.5, 0.6) is 5.75 Å². The van der Waals surface area contributed by atoms with E-state index in [1.54, 1.807) is 0 Å². The highest BCUT2D eigenvalue weighted by molar-refractivity contribution is 5.38. The number of rotatable bonds is 2. The number of nitrogens with one attached hydrogen (secondary N) is 1. The van der Waals surface area contributed by atoms with E-state index < -0.39 is 0 Å². The van der Waals surface area contributed by atoms with Gasteiger partial charge in [-0.15, -0.1) is 0 Å². The molecule has 0 aliphatic carbocycles. The third kappa shape index (κ3) is 2.82. The van der Waals surface area contributed by atoms with Crippen molar-refractivity contribution in [1.82, 2.24) is 10.2 Å². The zero-order valence-corrected chi connectivity index (χ0v) is 12.9. The average Bonchev–Trinajstić information content (AvgIpc) is 2.95. The topological polar surface area (TPSA) is 24.5 Å². The predicted octanol–water partition coefficient (Wildman–Crippen LogP) is 2.59. The second-order valence-corrected chi connectivity index (χ2v) is 7.14. The van der Waals surface area contributed by atoms with Crippen LogP contribution in [0.3, 0.4) is 0 Å². The van der Waals surface area contributed by atoms with Gasteiger partial charge in [-0.05, 0) is 67.8 Å². The van der Waals surface area contributed by atoms with E-state index in [0.29, 0.717) is 5.41 Å². The summed E-state index contributed by atoms with van der Waals surface area (Å²) < 4.78 is 5.72. The van der Waals surface area contributed by atoms with Crippen molar-refractivity contribution < 1.29 is 4.74 Å². The summed E-state index contributed by atoms with van der Waals surface area (Å²) in [6.07, 6.45) is 6.47. The second-order valence-electron chi connectivity index (χ2n) is 7.14. The molecule has 0 amide bonds. The summed E-state index contributed by atoms with van der Waals surface area (Å²) in [5.41, 5.74) is 3.44. The maximum absolute atomic E-state index is 5.72. The Hall–Kier alpha value is -1.06. The van der Waals surface area contributed by atoms with Gasteiger partial charge in [-0.3, -0.25) is 4.90 Å². The number of fused-ring (bicyclic) bond motifs is 1. The lowest BCUT2D eigenvalue weighted by atomic mass is 9.79. The first-order valence-electron chi connectivity index (χ1n) is 8.51. The van der Waals surface area contributed by atoms with E-state index in [1.165, 1.54) is 63.0 Å². The van der Waals surface area contributed by atoms with Crippen LogP contribution in [0.25, 0.3) is 0 Å². The number of likely N-dealkylation sites (tertiary alicyclic amines) is 1. The molecule has 114 valence electrons. The molecule has 3 aliphatic rings. The molecule has 3 aliphatic heterocycles. The molecule has 0 radical (unpaired) electrons. The van der Waals surface area contributed by atoms with Crippen molar-refractivity contribution in [3.05, 3.63) is 29.3 Å². The van der Waals surface area contributed by atoms with Gasteiger partial charge < -0.3 is 10.1 Å². The molecule has 0 aromatic heterocycles. The Kier molecular flexibility index (Phi) is 3.64. The zero-order chi connectivity index (χ0) is 14.1. The quantitative estimate of drug-likeness (QED) is 0.904. The van der Waals surface area contributed by atoms with Gasteiger partial charge in [0.15, 0.2) is 0 Å². The van der Waals surface area contributed by atoms with Crippen molar-refractivity contribution in [3.8, 4) is 5.75 Å². The third-order valence-corrected chi connectivity index (χ3v) is 5.45. The van der Waals surface area contributed by atoms with Crippen LogP contribution >= 0.6 is 0 Å². The molecule has 1 aromatic rings. The number of benzene rings is 1. The number of piperidine rings is 1. The minimum atomic E-state index is 0.565. The van der Waals surface area contributed by atoms with Crippen LogP contribution in [0, 0.1) is 5.41 Å². The summed E-state index contributed by atoms with van der Waals surface area (Å²) in [5.74, 6) is 1.11. The maximum atomic E-state index is 5.72. The van der Waals surface area contributed by atoms with Crippen LogP contribution in [-0.4, -0.2) is 37.7 Å². The van der Waals surface area contributed by atoms with E-state index in [1.807, 2.05) is 0 Å². The Morgan fingerprint density at radius 2 is 2.24 bits per heavy atom. The molecule has 3 heteroatoms. The molecule has 1 aromatic carbocycles. The highest BCUT2D eigenvalue weighted by Crippen LogP contribution is 2.36. The van der Waals surface area contributed by atoms with Crippen molar-refractivity contribution in [2.45, 2.75) is 38.6 Å². The summed E-state index contributed by atoms with van der Waals surface area (Å²) in [4.78, 5) is 2.67. The monoisotopic (exact) mass is 286 g/mol. The normalized spacial score (nSPS) is 29.3. The Labute approximate surface area is 127 Å². The molecule has 0 saturated carbocycles.